The summed E-state index contributed by atoms with van der Waals surface area (Å²) in [7, 11) is 0. The number of para-hydroxylation sites is 2. The van der Waals surface area contributed by atoms with Crippen LogP contribution in [0.2, 0.25) is 0 Å². The molecule has 0 fully saturated rings. The SMILES string of the molecule is CC1(C)c2ccccc2-c2ccc(N(c3ccccc3)c3ccc(-c4ccc(N(c5ccccc5)c5cccc6ccccc56)c5ccccc45)cc3)cc21. The van der Waals surface area contributed by atoms with Gasteiger partial charge in [0.1, 0.15) is 0 Å². The number of hydrogen-bond donors (Lipinski definition) is 0. The van der Waals surface area contributed by atoms with Gasteiger partial charge in [0, 0.05) is 38.9 Å². The summed E-state index contributed by atoms with van der Waals surface area (Å²) < 4.78 is 0. The van der Waals surface area contributed by atoms with E-state index in [1.165, 1.54) is 54.9 Å². The molecule has 262 valence electrons. The summed E-state index contributed by atoms with van der Waals surface area (Å²) in [6, 6.07) is 75.0. The van der Waals surface area contributed by atoms with Gasteiger partial charge in [-0.25, -0.2) is 0 Å². The Hall–Kier alpha value is -6.90. The molecule has 0 amide bonds. The topological polar surface area (TPSA) is 6.48 Å². The zero-order valence-electron chi connectivity index (χ0n) is 31.0. The highest BCUT2D eigenvalue weighted by molar-refractivity contribution is 6.09. The number of hydrogen-bond acceptors (Lipinski definition) is 2. The normalized spacial score (nSPS) is 12.7. The highest BCUT2D eigenvalue weighted by Gasteiger charge is 2.35. The highest BCUT2D eigenvalue weighted by atomic mass is 15.1. The second-order valence-corrected chi connectivity index (χ2v) is 15.0. The van der Waals surface area contributed by atoms with Crippen LogP contribution in [0, 0.1) is 0 Å². The molecule has 9 aromatic carbocycles. The molecule has 0 saturated carbocycles. The van der Waals surface area contributed by atoms with E-state index in [2.05, 4.69) is 230 Å². The molecule has 0 aliphatic heterocycles. The van der Waals surface area contributed by atoms with Crippen LogP contribution in [0.4, 0.5) is 34.1 Å². The Balaban J connectivity index is 1.07. The third kappa shape index (κ3) is 5.49. The van der Waals surface area contributed by atoms with Crippen molar-refractivity contribution >= 4 is 55.7 Å². The summed E-state index contributed by atoms with van der Waals surface area (Å²) in [5, 5.41) is 4.86. The third-order valence-electron chi connectivity index (χ3n) is 11.4. The van der Waals surface area contributed by atoms with Crippen LogP contribution >= 0.6 is 0 Å². The van der Waals surface area contributed by atoms with Crippen LogP contribution in [0.5, 0.6) is 0 Å². The van der Waals surface area contributed by atoms with Crippen LogP contribution in [0.1, 0.15) is 25.0 Å². The van der Waals surface area contributed by atoms with Gasteiger partial charge in [0.25, 0.3) is 0 Å². The van der Waals surface area contributed by atoms with E-state index in [0.29, 0.717) is 0 Å². The molecule has 0 aromatic heterocycles. The van der Waals surface area contributed by atoms with Gasteiger partial charge < -0.3 is 9.80 Å². The Labute approximate surface area is 323 Å². The predicted molar refractivity (Wildman–Crippen MR) is 234 cm³/mol. The number of anilines is 6. The first kappa shape index (κ1) is 32.7. The van der Waals surface area contributed by atoms with E-state index >= 15 is 0 Å². The first-order valence-corrected chi connectivity index (χ1v) is 19.1. The van der Waals surface area contributed by atoms with Gasteiger partial charge in [-0.15, -0.1) is 0 Å². The highest BCUT2D eigenvalue weighted by Crippen LogP contribution is 2.51. The van der Waals surface area contributed by atoms with Crippen LogP contribution in [0.15, 0.2) is 206 Å². The molecule has 2 heteroatoms. The molecule has 10 rings (SSSR count). The van der Waals surface area contributed by atoms with Crippen molar-refractivity contribution in [2.24, 2.45) is 0 Å². The fourth-order valence-corrected chi connectivity index (χ4v) is 8.76. The lowest BCUT2D eigenvalue weighted by Crippen LogP contribution is -2.16. The number of fused-ring (bicyclic) bond motifs is 5. The summed E-state index contributed by atoms with van der Waals surface area (Å²) in [5.74, 6) is 0. The van der Waals surface area contributed by atoms with Crippen LogP contribution in [-0.4, -0.2) is 0 Å². The third-order valence-corrected chi connectivity index (χ3v) is 11.4. The van der Waals surface area contributed by atoms with Crippen molar-refractivity contribution in [3.05, 3.63) is 217 Å². The molecule has 1 aliphatic rings. The standard InChI is InChI=1S/C53H40N2/c1-53(2)49-26-14-13-24-46(49)47-33-32-42(36-50(47)53)54(39-18-5-3-6-19-39)41-30-28-38(29-31-41)43-34-35-52(48-25-12-11-23-45(43)48)55(40-20-7-4-8-21-40)51-27-15-17-37-16-9-10-22-44(37)51/h3-36H,1-2H3. The quantitative estimate of drug-likeness (QED) is 0.163. The van der Waals surface area contributed by atoms with Gasteiger partial charge in [0.15, 0.2) is 0 Å². The Bertz CT molecular complexity index is 2830. The van der Waals surface area contributed by atoms with Gasteiger partial charge in [0.05, 0.1) is 11.4 Å². The van der Waals surface area contributed by atoms with Gasteiger partial charge in [-0.3, -0.25) is 0 Å². The summed E-state index contributed by atoms with van der Waals surface area (Å²) in [4.78, 5) is 4.79. The van der Waals surface area contributed by atoms with Gasteiger partial charge in [-0.05, 0) is 105 Å². The van der Waals surface area contributed by atoms with E-state index in [0.717, 1.165) is 34.1 Å². The van der Waals surface area contributed by atoms with E-state index in [1.807, 2.05) is 0 Å². The van der Waals surface area contributed by atoms with Gasteiger partial charge >= 0.3 is 0 Å². The van der Waals surface area contributed by atoms with Crippen molar-refractivity contribution in [2.75, 3.05) is 9.80 Å². The molecule has 0 radical (unpaired) electrons. The molecule has 0 heterocycles. The van der Waals surface area contributed by atoms with E-state index in [1.54, 1.807) is 0 Å². The van der Waals surface area contributed by atoms with E-state index in [9.17, 15) is 0 Å². The molecule has 0 saturated heterocycles. The first-order chi connectivity index (χ1) is 27.1. The van der Waals surface area contributed by atoms with Crippen molar-refractivity contribution in [2.45, 2.75) is 19.3 Å². The lowest BCUT2D eigenvalue weighted by Gasteiger charge is -2.29. The van der Waals surface area contributed by atoms with Gasteiger partial charge in [-0.2, -0.15) is 0 Å². The number of benzene rings is 9. The fourth-order valence-electron chi connectivity index (χ4n) is 8.76. The number of rotatable bonds is 7. The maximum atomic E-state index is 2.41. The molecule has 0 spiro atoms. The van der Waals surface area contributed by atoms with Crippen molar-refractivity contribution in [1.82, 2.24) is 0 Å². The summed E-state index contributed by atoms with van der Waals surface area (Å²) in [6.45, 7) is 4.69. The maximum absolute atomic E-state index is 2.41. The lowest BCUT2D eigenvalue weighted by molar-refractivity contribution is 0.660. The Morgan fingerprint density at radius 2 is 0.855 bits per heavy atom. The van der Waals surface area contributed by atoms with Gasteiger partial charge in [-0.1, -0.05) is 159 Å². The van der Waals surface area contributed by atoms with Crippen LogP contribution in [-0.2, 0) is 5.41 Å². The minimum absolute atomic E-state index is 0.0783. The van der Waals surface area contributed by atoms with Crippen molar-refractivity contribution in [3.63, 3.8) is 0 Å². The predicted octanol–water partition coefficient (Wildman–Crippen LogP) is 14.9. The average molecular weight is 705 g/mol. The van der Waals surface area contributed by atoms with Crippen LogP contribution < -0.4 is 9.80 Å². The smallest absolute Gasteiger partial charge is 0.0540 e. The summed E-state index contributed by atoms with van der Waals surface area (Å²) in [6.07, 6.45) is 0. The Morgan fingerprint density at radius 1 is 0.327 bits per heavy atom. The summed E-state index contributed by atoms with van der Waals surface area (Å²) >= 11 is 0. The molecule has 55 heavy (non-hydrogen) atoms. The molecule has 0 atom stereocenters. The lowest BCUT2D eigenvalue weighted by atomic mass is 9.82. The largest absolute Gasteiger partial charge is 0.310 e. The molecule has 0 unspecified atom stereocenters. The van der Waals surface area contributed by atoms with E-state index < -0.39 is 0 Å². The summed E-state index contributed by atoms with van der Waals surface area (Å²) in [5.41, 5.74) is 14.6. The van der Waals surface area contributed by atoms with E-state index in [-0.39, 0.29) is 5.41 Å². The van der Waals surface area contributed by atoms with E-state index in [4.69, 9.17) is 0 Å². The fraction of sp³-hybridized carbons (Fsp3) is 0.0566. The monoisotopic (exact) mass is 704 g/mol. The van der Waals surface area contributed by atoms with Gasteiger partial charge in [0.2, 0.25) is 0 Å². The van der Waals surface area contributed by atoms with Crippen LogP contribution in [0.3, 0.4) is 0 Å². The van der Waals surface area contributed by atoms with Crippen LogP contribution in [0.25, 0.3) is 43.8 Å². The van der Waals surface area contributed by atoms with Crippen molar-refractivity contribution in [1.29, 1.82) is 0 Å². The molecule has 0 bridgehead atoms. The number of nitrogens with zero attached hydrogens (tertiary/aromatic N) is 2. The zero-order valence-corrected chi connectivity index (χ0v) is 31.0. The zero-order chi connectivity index (χ0) is 36.9. The first-order valence-electron chi connectivity index (χ1n) is 19.1. The maximum Gasteiger partial charge on any atom is 0.0540 e. The van der Waals surface area contributed by atoms with Crippen molar-refractivity contribution in [3.8, 4) is 22.3 Å². The molecular formula is C53H40N2. The minimum Gasteiger partial charge on any atom is -0.310 e. The molecular weight excluding hydrogens is 665 g/mol. The molecule has 1 aliphatic carbocycles. The molecule has 2 nitrogen and oxygen atoms in total. The average Bonchev–Trinajstić information content (AvgIpc) is 3.47. The molecule has 9 aromatic rings. The second kappa shape index (κ2) is 13.2. The molecule has 0 N–H and O–H groups in total. The minimum atomic E-state index is -0.0783. The van der Waals surface area contributed by atoms with Crippen molar-refractivity contribution < 1.29 is 0 Å². The second-order valence-electron chi connectivity index (χ2n) is 15.0. The Kier molecular flexibility index (Phi) is 7.85. The Morgan fingerprint density at radius 3 is 1.62 bits per heavy atom.